The van der Waals surface area contributed by atoms with Gasteiger partial charge in [-0.25, -0.2) is 4.98 Å². The number of benzene rings is 3. The summed E-state index contributed by atoms with van der Waals surface area (Å²) >= 11 is 0. The van der Waals surface area contributed by atoms with E-state index in [4.69, 9.17) is 8.83 Å². The number of fused-ring (bicyclic) bond motifs is 13. The van der Waals surface area contributed by atoms with E-state index in [0.29, 0.717) is 0 Å². The molecule has 0 N–H and O–H groups in total. The normalized spacial score (nSPS) is 12.5. The summed E-state index contributed by atoms with van der Waals surface area (Å²) in [4.78, 5) is 8.91. The maximum Gasteiger partial charge on any atom is 0.146 e. The number of imidazole rings is 1. The molecule has 0 bridgehead atoms. The third-order valence-electron chi connectivity index (χ3n) is 6.34. The topological polar surface area (TPSA) is 56.5 Å². The highest BCUT2D eigenvalue weighted by molar-refractivity contribution is 6.27. The van der Waals surface area contributed by atoms with Gasteiger partial charge in [-0.05, 0) is 41.8 Å². The van der Waals surface area contributed by atoms with Crippen molar-refractivity contribution in [2.75, 3.05) is 0 Å². The molecule has 3 aromatic carbocycles. The predicted molar refractivity (Wildman–Crippen MR) is 123 cm³/mol. The minimum atomic E-state index is 0.859. The third kappa shape index (κ3) is 1.82. The van der Waals surface area contributed by atoms with E-state index in [-0.39, 0.29) is 0 Å². The fraction of sp³-hybridized carbons (Fsp3) is 0. The summed E-state index contributed by atoms with van der Waals surface area (Å²) < 4.78 is 14.6. The highest BCUT2D eigenvalue weighted by atomic mass is 16.3. The first-order chi connectivity index (χ1) is 15.4. The second-order valence-corrected chi connectivity index (χ2v) is 7.92. The summed E-state index contributed by atoms with van der Waals surface area (Å²) in [6, 6.07) is 18.6. The number of aromatic nitrogens is 3. The number of hydrogen-bond acceptors (Lipinski definition) is 4. The number of rotatable bonds is 0. The van der Waals surface area contributed by atoms with Crippen molar-refractivity contribution >= 4 is 71.2 Å². The molecule has 5 nitrogen and oxygen atoms in total. The monoisotopic (exact) mass is 399 g/mol. The van der Waals surface area contributed by atoms with Crippen molar-refractivity contribution in [2.45, 2.75) is 0 Å². The molecule has 0 saturated heterocycles. The van der Waals surface area contributed by atoms with E-state index in [0.717, 1.165) is 71.2 Å². The van der Waals surface area contributed by atoms with Crippen LogP contribution in [0.4, 0.5) is 0 Å². The van der Waals surface area contributed by atoms with E-state index in [1.165, 1.54) is 0 Å². The fourth-order valence-corrected chi connectivity index (χ4v) is 5.04. The standard InChI is InChI=1S/C26H13N3O2/c1-2-4-20-15(3-1)24-21(30-20)5-6-22-25(24)17-11-19-16(12-23(17)31-22)14-7-8-27-13-18(14)26-28-9-10-29(19)26/h1-13H. The lowest BCUT2D eigenvalue weighted by Crippen LogP contribution is -1.91. The van der Waals surface area contributed by atoms with Gasteiger partial charge in [0.1, 0.15) is 28.0 Å². The van der Waals surface area contributed by atoms with Gasteiger partial charge in [0.25, 0.3) is 0 Å². The van der Waals surface area contributed by atoms with Crippen molar-refractivity contribution in [2.24, 2.45) is 0 Å². The van der Waals surface area contributed by atoms with Crippen molar-refractivity contribution in [3.63, 3.8) is 0 Å². The Morgan fingerprint density at radius 1 is 0.645 bits per heavy atom. The Balaban J connectivity index is 1.67. The molecule has 0 saturated carbocycles. The van der Waals surface area contributed by atoms with E-state index in [1.54, 1.807) is 0 Å². The summed E-state index contributed by atoms with van der Waals surface area (Å²) in [5.74, 6) is 0. The zero-order valence-corrected chi connectivity index (χ0v) is 16.2. The smallest absolute Gasteiger partial charge is 0.146 e. The fourth-order valence-electron chi connectivity index (χ4n) is 5.04. The molecule has 0 aliphatic heterocycles. The summed E-state index contributed by atoms with van der Waals surface area (Å²) in [6.07, 6.45) is 7.54. The van der Waals surface area contributed by atoms with Crippen LogP contribution in [0.1, 0.15) is 0 Å². The molecule has 0 aliphatic carbocycles. The zero-order chi connectivity index (χ0) is 20.1. The summed E-state index contributed by atoms with van der Waals surface area (Å²) in [6.45, 7) is 0. The predicted octanol–water partition coefficient (Wildman–Crippen LogP) is 6.83. The van der Waals surface area contributed by atoms with E-state index in [9.17, 15) is 0 Å². The van der Waals surface area contributed by atoms with Gasteiger partial charge in [-0.15, -0.1) is 0 Å². The number of nitrogens with zero attached hydrogens (tertiary/aromatic N) is 3. The minimum absolute atomic E-state index is 0.859. The van der Waals surface area contributed by atoms with E-state index in [2.05, 4.69) is 32.6 Å². The van der Waals surface area contributed by atoms with Gasteiger partial charge in [-0.1, -0.05) is 18.2 Å². The van der Waals surface area contributed by atoms with Crippen LogP contribution in [0, 0.1) is 0 Å². The van der Waals surface area contributed by atoms with Crippen LogP contribution in [-0.4, -0.2) is 14.4 Å². The summed E-state index contributed by atoms with van der Waals surface area (Å²) in [5.41, 5.74) is 5.47. The van der Waals surface area contributed by atoms with Crippen molar-refractivity contribution in [3.05, 3.63) is 79.4 Å². The van der Waals surface area contributed by atoms with Crippen LogP contribution in [0.5, 0.6) is 0 Å². The lowest BCUT2D eigenvalue weighted by Gasteiger charge is -2.08. The molecule has 144 valence electrons. The Morgan fingerprint density at radius 2 is 1.48 bits per heavy atom. The molecule has 0 atom stereocenters. The van der Waals surface area contributed by atoms with E-state index >= 15 is 0 Å². The largest absolute Gasteiger partial charge is 0.456 e. The van der Waals surface area contributed by atoms with Crippen LogP contribution >= 0.6 is 0 Å². The zero-order valence-electron chi connectivity index (χ0n) is 16.2. The lowest BCUT2D eigenvalue weighted by molar-refractivity contribution is 0.663. The average Bonchev–Trinajstić information content (AvgIpc) is 3.52. The van der Waals surface area contributed by atoms with Crippen LogP contribution in [0.15, 0.2) is 88.2 Å². The van der Waals surface area contributed by atoms with Crippen molar-refractivity contribution in [1.82, 2.24) is 14.4 Å². The quantitative estimate of drug-likeness (QED) is 0.262. The molecular weight excluding hydrogens is 386 g/mol. The molecule has 31 heavy (non-hydrogen) atoms. The summed E-state index contributed by atoms with van der Waals surface area (Å²) in [7, 11) is 0. The Hall–Kier alpha value is -4.38. The maximum atomic E-state index is 6.35. The van der Waals surface area contributed by atoms with E-state index < -0.39 is 0 Å². The van der Waals surface area contributed by atoms with Crippen LogP contribution in [0.3, 0.4) is 0 Å². The van der Waals surface area contributed by atoms with Gasteiger partial charge in [0.15, 0.2) is 0 Å². The Kier molecular flexibility index (Phi) is 2.60. The van der Waals surface area contributed by atoms with Crippen LogP contribution in [-0.2, 0) is 0 Å². The first kappa shape index (κ1) is 15.5. The molecule has 0 unspecified atom stereocenters. The molecule has 0 radical (unpaired) electrons. The summed E-state index contributed by atoms with van der Waals surface area (Å²) in [5, 5.41) is 7.61. The van der Waals surface area contributed by atoms with Gasteiger partial charge < -0.3 is 8.83 Å². The van der Waals surface area contributed by atoms with Crippen molar-refractivity contribution < 1.29 is 8.83 Å². The molecule has 0 fully saturated rings. The van der Waals surface area contributed by atoms with Gasteiger partial charge >= 0.3 is 0 Å². The number of para-hydroxylation sites is 1. The molecule has 0 spiro atoms. The first-order valence-corrected chi connectivity index (χ1v) is 10.2. The highest BCUT2D eigenvalue weighted by Gasteiger charge is 2.18. The van der Waals surface area contributed by atoms with E-state index in [1.807, 2.05) is 61.2 Å². The number of hydrogen-bond donors (Lipinski definition) is 0. The first-order valence-electron chi connectivity index (χ1n) is 10.2. The molecule has 8 aromatic rings. The Labute approximate surface area is 174 Å². The molecule has 0 aliphatic rings. The SMILES string of the molecule is c1ccc2c(c1)oc1ccc3oc4cc5c6ccncc6c6nccn6c5cc4c3c12. The van der Waals surface area contributed by atoms with Gasteiger partial charge in [0, 0.05) is 57.1 Å². The Morgan fingerprint density at radius 3 is 2.42 bits per heavy atom. The molecular formula is C26H13N3O2. The lowest BCUT2D eigenvalue weighted by atomic mass is 10.0. The Bertz CT molecular complexity index is 2010. The van der Waals surface area contributed by atoms with Gasteiger partial charge in [-0.3, -0.25) is 9.38 Å². The maximum absolute atomic E-state index is 6.35. The second kappa shape index (κ2) is 5.21. The van der Waals surface area contributed by atoms with Gasteiger partial charge in [0.05, 0.1) is 5.52 Å². The van der Waals surface area contributed by atoms with Gasteiger partial charge in [-0.2, -0.15) is 0 Å². The highest BCUT2D eigenvalue weighted by Crippen LogP contribution is 2.41. The van der Waals surface area contributed by atoms with Crippen molar-refractivity contribution in [1.29, 1.82) is 0 Å². The van der Waals surface area contributed by atoms with Crippen LogP contribution in [0.2, 0.25) is 0 Å². The van der Waals surface area contributed by atoms with Gasteiger partial charge in [0.2, 0.25) is 0 Å². The molecule has 5 aromatic heterocycles. The molecule has 8 rings (SSSR count). The molecule has 5 heteroatoms. The minimum Gasteiger partial charge on any atom is -0.456 e. The number of furan rings is 2. The number of pyridine rings is 2. The molecule has 0 amide bonds. The van der Waals surface area contributed by atoms with Crippen molar-refractivity contribution in [3.8, 4) is 0 Å². The second-order valence-electron chi connectivity index (χ2n) is 7.92. The van der Waals surface area contributed by atoms with Crippen LogP contribution in [0.25, 0.3) is 71.2 Å². The molecule has 5 heterocycles. The van der Waals surface area contributed by atoms with Crippen LogP contribution < -0.4 is 0 Å². The third-order valence-corrected chi connectivity index (χ3v) is 6.34. The average molecular weight is 399 g/mol.